The number of piperidine rings is 1. The fourth-order valence-electron chi connectivity index (χ4n) is 5.63. The Bertz CT molecular complexity index is 1600. The van der Waals surface area contributed by atoms with Gasteiger partial charge in [0.2, 0.25) is 0 Å². The van der Waals surface area contributed by atoms with Gasteiger partial charge in [0.05, 0.1) is 42.3 Å². The van der Waals surface area contributed by atoms with Crippen LogP contribution in [0.25, 0.3) is 10.9 Å². The minimum atomic E-state index is -0.460. The number of hydrogen-bond donors (Lipinski definition) is 2. The number of aromatic nitrogens is 1. The summed E-state index contributed by atoms with van der Waals surface area (Å²) in [5, 5.41) is 11.7. The van der Waals surface area contributed by atoms with Crippen molar-refractivity contribution in [2.45, 2.75) is 32.8 Å². The molecule has 5 rings (SSSR count). The van der Waals surface area contributed by atoms with E-state index >= 15 is 0 Å². The molecule has 1 fully saturated rings. The van der Waals surface area contributed by atoms with Crippen LogP contribution >= 0.6 is 0 Å². The monoisotopic (exact) mass is 596 g/mol. The van der Waals surface area contributed by atoms with E-state index in [1.54, 1.807) is 30.3 Å². The van der Waals surface area contributed by atoms with Gasteiger partial charge in [-0.1, -0.05) is 50.2 Å². The fraction of sp³-hybridized carbons (Fsp3) is 0.343. The van der Waals surface area contributed by atoms with Gasteiger partial charge < -0.3 is 29.4 Å². The zero-order chi connectivity index (χ0) is 31.1. The van der Waals surface area contributed by atoms with Crippen molar-refractivity contribution in [2.24, 2.45) is 4.99 Å². The molecule has 0 atom stereocenters. The molecule has 1 aromatic heterocycles. The molecular formula is C35H40N4O5. The van der Waals surface area contributed by atoms with Crippen LogP contribution in [0.4, 0.5) is 5.69 Å². The first-order valence-electron chi connectivity index (χ1n) is 15.2. The van der Waals surface area contributed by atoms with Gasteiger partial charge in [-0.2, -0.15) is 0 Å². The van der Waals surface area contributed by atoms with Gasteiger partial charge in [-0.3, -0.25) is 4.79 Å². The Kier molecular flexibility index (Phi) is 10.1. The summed E-state index contributed by atoms with van der Waals surface area (Å²) in [6.07, 6.45) is 1.86. The van der Waals surface area contributed by atoms with E-state index in [0.717, 1.165) is 44.6 Å². The average Bonchev–Trinajstić information content (AvgIpc) is 3.40. The number of aromatic hydroxyl groups is 1. The van der Waals surface area contributed by atoms with Gasteiger partial charge in [-0.15, -0.1) is 0 Å². The summed E-state index contributed by atoms with van der Waals surface area (Å²) in [6, 6.07) is 21.9. The molecular weight excluding hydrogens is 556 g/mol. The van der Waals surface area contributed by atoms with E-state index in [0.29, 0.717) is 52.1 Å². The third kappa shape index (κ3) is 7.01. The molecule has 0 radical (unpaired) electrons. The maximum absolute atomic E-state index is 13.3. The lowest BCUT2D eigenvalue weighted by Gasteiger charge is -2.32. The van der Waals surface area contributed by atoms with E-state index in [2.05, 4.69) is 23.7 Å². The average molecular weight is 597 g/mol. The van der Waals surface area contributed by atoms with Crippen molar-refractivity contribution in [1.29, 1.82) is 0 Å². The third-order valence-electron chi connectivity index (χ3n) is 8.22. The van der Waals surface area contributed by atoms with E-state index in [-0.39, 0.29) is 17.9 Å². The zero-order valence-corrected chi connectivity index (χ0v) is 25.6. The molecule has 9 heteroatoms. The molecule has 3 aromatic carbocycles. The lowest BCUT2D eigenvalue weighted by molar-refractivity contribution is 0.00104. The van der Waals surface area contributed by atoms with E-state index in [9.17, 15) is 14.7 Å². The number of rotatable bonds is 11. The van der Waals surface area contributed by atoms with Crippen molar-refractivity contribution in [3.05, 3.63) is 95.1 Å². The molecule has 1 saturated heterocycles. The number of fused-ring (bicyclic) bond motifs is 1. The maximum Gasteiger partial charge on any atom is 0.337 e. The molecule has 0 unspecified atom stereocenters. The third-order valence-corrected chi connectivity index (χ3v) is 8.22. The number of aromatic amines is 1. The highest BCUT2D eigenvalue weighted by Crippen LogP contribution is 2.32. The van der Waals surface area contributed by atoms with Crippen LogP contribution in [0.1, 0.15) is 58.5 Å². The van der Waals surface area contributed by atoms with Crippen LogP contribution in [0.15, 0.2) is 77.8 Å². The lowest BCUT2D eigenvalue weighted by Crippen LogP contribution is -2.41. The molecule has 9 nitrogen and oxygen atoms in total. The highest BCUT2D eigenvalue weighted by Gasteiger charge is 2.24. The normalized spacial score (nSPS) is 14.4. The first kappa shape index (κ1) is 31.0. The predicted octanol–water partition coefficient (Wildman–Crippen LogP) is 5.79. The summed E-state index contributed by atoms with van der Waals surface area (Å²) in [5.74, 6) is -0.518. The number of aliphatic imine (C=N–C) groups is 1. The first-order chi connectivity index (χ1) is 21.4. The highest BCUT2D eigenvalue weighted by molar-refractivity contribution is 6.22. The van der Waals surface area contributed by atoms with Gasteiger partial charge in [0.25, 0.3) is 5.91 Å². The smallest absolute Gasteiger partial charge is 0.337 e. The summed E-state index contributed by atoms with van der Waals surface area (Å²) in [4.78, 5) is 37.5. The molecule has 0 saturated carbocycles. The van der Waals surface area contributed by atoms with Gasteiger partial charge in [0.15, 0.2) is 5.88 Å². The Hall–Kier alpha value is -4.47. The Morgan fingerprint density at radius 1 is 0.955 bits per heavy atom. The molecule has 1 aliphatic heterocycles. The quantitative estimate of drug-likeness (QED) is 0.168. The second-order valence-corrected chi connectivity index (χ2v) is 10.9. The van der Waals surface area contributed by atoms with Crippen LogP contribution in [0.5, 0.6) is 5.88 Å². The topological polar surface area (TPSA) is 107 Å². The number of H-pyrrole nitrogens is 1. The molecule has 230 valence electrons. The maximum atomic E-state index is 13.3. The highest BCUT2D eigenvalue weighted by atomic mass is 16.5. The Morgan fingerprint density at radius 2 is 1.64 bits per heavy atom. The van der Waals surface area contributed by atoms with Gasteiger partial charge in [-0.05, 0) is 62.3 Å². The number of ether oxygens (including phenoxy) is 2. The van der Waals surface area contributed by atoms with Crippen LogP contribution in [-0.4, -0.2) is 90.0 Å². The number of nitrogens with zero attached hydrogens (tertiary/aromatic N) is 3. The summed E-state index contributed by atoms with van der Waals surface area (Å²) >= 11 is 0. The number of likely N-dealkylation sites (N-methyl/N-ethyl adjacent to an activating group) is 1. The van der Waals surface area contributed by atoms with Gasteiger partial charge in [-0.25, -0.2) is 9.79 Å². The standard InChI is InChI=1S/C35H40N4O5/c1-4-38(5-2)21-22-44-28-17-19-39(20-18-28)34(41)25-11-14-27(15-12-25)36-32(24-9-7-6-8-10-24)31-29-16-13-26(35(42)43-3)23-30(29)37-33(31)40/h6-16,23,28,37,40H,4-5,17-22H2,1-3H3. The number of carbonyl (C=O) groups is 2. The molecule has 1 amide bonds. The number of likely N-dealkylation sites (tertiary alicyclic amines) is 1. The number of carbonyl (C=O) groups excluding carboxylic acids is 2. The van der Waals surface area contributed by atoms with Crippen molar-refractivity contribution >= 4 is 34.2 Å². The van der Waals surface area contributed by atoms with Crippen molar-refractivity contribution in [3.63, 3.8) is 0 Å². The molecule has 0 bridgehead atoms. The molecule has 44 heavy (non-hydrogen) atoms. The van der Waals surface area contributed by atoms with Crippen LogP contribution in [0.3, 0.4) is 0 Å². The van der Waals surface area contributed by atoms with Crippen LogP contribution in [0.2, 0.25) is 0 Å². The van der Waals surface area contributed by atoms with Crippen LogP contribution < -0.4 is 0 Å². The van der Waals surface area contributed by atoms with E-state index in [1.165, 1.54) is 7.11 Å². The van der Waals surface area contributed by atoms with Gasteiger partial charge >= 0.3 is 5.97 Å². The minimum absolute atomic E-state index is 0.00101. The van der Waals surface area contributed by atoms with Gasteiger partial charge in [0.1, 0.15) is 0 Å². The number of benzene rings is 3. The summed E-state index contributed by atoms with van der Waals surface area (Å²) in [6.45, 7) is 9.36. The van der Waals surface area contributed by atoms with Crippen molar-refractivity contribution < 1.29 is 24.2 Å². The number of hydrogen-bond acceptors (Lipinski definition) is 7. The van der Waals surface area contributed by atoms with Crippen molar-refractivity contribution in [2.75, 3.05) is 46.4 Å². The SMILES string of the molecule is CCN(CC)CCOC1CCN(C(=O)c2ccc(N=C(c3ccccc3)c3c(O)[nH]c4cc(C(=O)OC)ccc34)cc2)CC1. The Balaban J connectivity index is 1.33. The van der Waals surface area contributed by atoms with E-state index < -0.39 is 5.97 Å². The Labute approximate surface area is 258 Å². The van der Waals surface area contributed by atoms with Crippen LogP contribution in [0, 0.1) is 0 Å². The van der Waals surface area contributed by atoms with Gasteiger partial charge in [0, 0.05) is 41.7 Å². The predicted molar refractivity (Wildman–Crippen MR) is 172 cm³/mol. The fourth-order valence-corrected chi connectivity index (χ4v) is 5.63. The minimum Gasteiger partial charge on any atom is -0.494 e. The summed E-state index contributed by atoms with van der Waals surface area (Å²) < 4.78 is 10.9. The number of amides is 1. The van der Waals surface area contributed by atoms with E-state index in [1.807, 2.05) is 47.4 Å². The summed E-state index contributed by atoms with van der Waals surface area (Å²) in [5.41, 5.74) is 4.09. The number of esters is 1. The largest absolute Gasteiger partial charge is 0.494 e. The van der Waals surface area contributed by atoms with Crippen molar-refractivity contribution in [1.82, 2.24) is 14.8 Å². The first-order valence-corrected chi connectivity index (χ1v) is 15.2. The zero-order valence-electron chi connectivity index (χ0n) is 25.6. The molecule has 4 aromatic rings. The van der Waals surface area contributed by atoms with Crippen molar-refractivity contribution in [3.8, 4) is 5.88 Å². The molecule has 2 heterocycles. The summed E-state index contributed by atoms with van der Waals surface area (Å²) in [7, 11) is 1.33. The molecule has 1 aliphatic rings. The lowest BCUT2D eigenvalue weighted by atomic mass is 10.00. The second kappa shape index (κ2) is 14.3. The molecule has 0 spiro atoms. The Morgan fingerprint density at radius 3 is 2.30 bits per heavy atom. The number of nitrogens with one attached hydrogen (secondary N) is 1. The molecule has 2 N–H and O–H groups in total. The second-order valence-electron chi connectivity index (χ2n) is 10.9. The molecule has 0 aliphatic carbocycles. The number of methoxy groups -OCH3 is 1. The van der Waals surface area contributed by atoms with E-state index in [4.69, 9.17) is 14.5 Å². The van der Waals surface area contributed by atoms with Crippen LogP contribution in [-0.2, 0) is 9.47 Å².